The smallest absolute Gasteiger partial charge is 0.244 e. The van der Waals surface area contributed by atoms with Gasteiger partial charge in [-0.05, 0) is 19.4 Å². The summed E-state index contributed by atoms with van der Waals surface area (Å²) in [5, 5.41) is 2.56. The van der Waals surface area contributed by atoms with Crippen molar-refractivity contribution < 1.29 is 13.8 Å². The molecular weight excluding hydrogens is 288 g/mol. The highest BCUT2D eigenvalue weighted by molar-refractivity contribution is 7.87. The zero-order valence-electron chi connectivity index (χ0n) is 12.0. The van der Waals surface area contributed by atoms with Gasteiger partial charge in [0.2, 0.25) is 11.8 Å². The maximum atomic E-state index is 12.5. The van der Waals surface area contributed by atoms with E-state index in [2.05, 4.69) is 5.32 Å². The highest BCUT2D eigenvalue weighted by atomic mass is 32.2. The van der Waals surface area contributed by atoms with Gasteiger partial charge >= 0.3 is 0 Å². The summed E-state index contributed by atoms with van der Waals surface area (Å²) in [5.74, 6) is -0.313. The molecule has 1 aromatic carbocycles. The molecular formula is C15H18N2O3S. The van der Waals surface area contributed by atoms with Crippen molar-refractivity contribution in [3.63, 3.8) is 0 Å². The van der Waals surface area contributed by atoms with Gasteiger partial charge < -0.3 is 10.2 Å². The molecule has 3 atom stereocenters. The second-order valence-corrected chi connectivity index (χ2v) is 8.16. The number of hydrogen-bond acceptors (Lipinski definition) is 3. The molecule has 0 aliphatic carbocycles. The Morgan fingerprint density at radius 3 is 2.67 bits per heavy atom. The van der Waals surface area contributed by atoms with Crippen LogP contribution in [0.4, 0.5) is 0 Å². The molecule has 2 saturated heterocycles. The molecule has 0 saturated carbocycles. The maximum absolute atomic E-state index is 12.5. The van der Waals surface area contributed by atoms with Gasteiger partial charge in [0, 0.05) is 6.54 Å². The molecule has 1 unspecified atom stereocenters. The molecule has 1 aromatic rings. The van der Waals surface area contributed by atoms with E-state index in [0.717, 1.165) is 5.56 Å². The molecule has 0 bridgehead atoms. The van der Waals surface area contributed by atoms with E-state index in [1.807, 2.05) is 30.3 Å². The van der Waals surface area contributed by atoms with Crippen molar-refractivity contribution in [2.24, 2.45) is 0 Å². The van der Waals surface area contributed by atoms with Gasteiger partial charge in [0.15, 0.2) is 0 Å². The average Bonchev–Trinajstić information content (AvgIpc) is 2.63. The molecule has 112 valence electrons. The van der Waals surface area contributed by atoms with E-state index in [-0.39, 0.29) is 17.2 Å². The number of β-lactam (4-membered cyclic amide) rings is 1. The van der Waals surface area contributed by atoms with Crippen LogP contribution in [0.2, 0.25) is 0 Å². The standard InChI is InChI=1S/C15H18N2O3S/c1-15(2)13(17-11(18)8-12(17)21(15)20)14(19)16-9-10-6-4-3-5-7-10/h3-7,12-13H,8-9H2,1-2H3,(H,16,19)/t12-,13+,21?/m1/s1. The van der Waals surface area contributed by atoms with Crippen LogP contribution in [0, 0.1) is 0 Å². The van der Waals surface area contributed by atoms with E-state index in [9.17, 15) is 13.8 Å². The molecule has 21 heavy (non-hydrogen) atoms. The van der Waals surface area contributed by atoms with E-state index in [1.54, 1.807) is 13.8 Å². The van der Waals surface area contributed by atoms with E-state index >= 15 is 0 Å². The van der Waals surface area contributed by atoms with E-state index in [1.165, 1.54) is 4.90 Å². The lowest BCUT2D eigenvalue weighted by Crippen LogP contribution is -2.59. The summed E-state index contributed by atoms with van der Waals surface area (Å²) in [6, 6.07) is 8.94. The quantitative estimate of drug-likeness (QED) is 0.839. The van der Waals surface area contributed by atoms with Gasteiger partial charge in [-0.25, -0.2) is 0 Å². The summed E-state index contributed by atoms with van der Waals surface area (Å²) in [4.78, 5) is 25.7. The lowest BCUT2D eigenvalue weighted by atomic mass is 9.97. The molecule has 0 spiro atoms. The van der Waals surface area contributed by atoms with Crippen LogP contribution in [-0.2, 0) is 26.9 Å². The van der Waals surface area contributed by atoms with Crippen LogP contribution in [0.3, 0.4) is 0 Å². The molecule has 3 rings (SSSR count). The summed E-state index contributed by atoms with van der Waals surface area (Å²) < 4.78 is 11.6. The average molecular weight is 306 g/mol. The SMILES string of the molecule is CC1(C)[C@H](C(=O)NCc2ccccc2)N2C(=O)C[C@H]2S1=O. The lowest BCUT2D eigenvalue weighted by molar-refractivity contribution is -0.149. The normalized spacial score (nSPS) is 29.7. The molecule has 2 heterocycles. The predicted molar refractivity (Wildman–Crippen MR) is 79.5 cm³/mol. The van der Waals surface area contributed by atoms with Crippen LogP contribution in [0.25, 0.3) is 0 Å². The molecule has 2 amide bonds. The molecule has 5 nitrogen and oxygen atoms in total. The highest BCUT2D eigenvalue weighted by Gasteiger charge is 2.62. The second kappa shape index (κ2) is 4.94. The molecule has 1 N–H and O–H groups in total. The number of fused-ring (bicyclic) bond motifs is 1. The number of hydrogen-bond donors (Lipinski definition) is 1. The first kappa shape index (κ1) is 14.3. The predicted octanol–water partition coefficient (Wildman–Crippen LogP) is 0.771. The minimum Gasteiger partial charge on any atom is -0.350 e. The van der Waals surface area contributed by atoms with Crippen molar-refractivity contribution in [1.29, 1.82) is 0 Å². The topological polar surface area (TPSA) is 66.5 Å². The van der Waals surface area contributed by atoms with Gasteiger partial charge in [-0.15, -0.1) is 0 Å². The van der Waals surface area contributed by atoms with Crippen molar-refractivity contribution in [2.45, 2.75) is 43.0 Å². The Labute approximate surface area is 126 Å². The van der Waals surface area contributed by atoms with Crippen LogP contribution in [-0.4, -0.2) is 37.1 Å². The summed E-state index contributed by atoms with van der Waals surface area (Å²) in [6.07, 6.45) is 0.290. The lowest BCUT2D eigenvalue weighted by Gasteiger charge is -2.37. The highest BCUT2D eigenvalue weighted by Crippen LogP contribution is 2.43. The van der Waals surface area contributed by atoms with E-state index in [0.29, 0.717) is 13.0 Å². The van der Waals surface area contributed by atoms with Crippen LogP contribution in [0.15, 0.2) is 30.3 Å². The molecule has 2 aliphatic rings. The van der Waals surface area contributed by atoms with Crippen molar-refractivity contribution in [2.75, 3.05) is 0 Å². The summed E-state index contributed by atoms with van der Waals surface area (Å²) in [6.45, 7) is 3.99. The van der Waals surface area contributed by atoms with Crippen LogP contribution in [0.5, 0.6) is 0 Å². The van der Waals surface area contributed by atoms with Crippen molar-refractivity contribution in [3.05, 3.63) is 35.9 Å². The number of nitrogens with one attached hydrogen (secondary N) is 1. The Kier molecular flexibility index (Phi) is 3.36. The number of benzene rings is 1. The molecule has 0 aromatic heterocycles. The molecule has 2 fully saturated rings. The van der Waals surface area contributed by atoms with Crippen molar-refractivity contribution in [3.8, 4) is 0 Å². The number of carbonyl (C=O) groups excluding carboxylic acids is 2. The largest absolute Gasteiger partial charge is 0.350 e. The monoisotopic (exact) mass is 306 g/mol. The Balaban J connectivity index is 1.74. The number of amides is 2. The molecule has 6 heteroatoms. The van der Waals surface area contributed by atoms with Crippen LogP contribution < -0.4 is 5.32 Å². The fourth-order valence-corrected chi connectivity index (χ4v) is 4.89. The fourth-order valence-electron chi connectivity index (χ4n) is 3.01. The number of rotatable bonds is 3. The van der Waals surface area contributed by atoms with Gasteiger partial charge in [-0.3, -0.25) is 13.8 Å². The van der Waals surface area contributed by atoms with Gasteiger partial charge in [0.1, 0.15) is 11.4 Å². The minimum absolute atomic E-state index is 0.0845. The molecule has 2 aliphatic heterocycles. The Bertz CT molecular complexity index is 615. The zero-order chi connectivity index (χ0) is 15.2. The first-order valence-electron chi connectivity index (χ1n) is 6.96. The Hall–Kier alpha value is -1.69. The van der Waals surface area contributed by atoms with Crippen LogP contribution >= 0.6 is 0 Å². The van der Waals surface area contributed by atoms with Gasteiger partial charge in [-0.2, -0.15) is 0 Å². The number of nitrogens with zero attached hydrogens (tertiary/aromatic N) is 1. The van der Waals surface area contributed by atoms with E-state index < -0.39 is 21.6 Å². The van der Waals surface area contributed by atoms with Crippen molar-refractivity contribution in [1.82, 2.24) is 10.2 Å². The summed E-state index contributed by atoms with van der Waals surface area (Å²) >= 11 is 0. The first-order chi connectivity index (χ1) is 9.93. The summed E-state index contributed by atoms with van der Waals surface area (Å²) in [5.41, 5.74) is 0.995. The van der Waals surface area contributed by atoms with E-state index in [4.69, 9.17) is 0 Å². The first-order valence-corrected chi connectivity index (χ1v) is 8.17. The fraction of sp³-hybridized carbons (Fsp3) is 0.467. The third kappa shape index (κ3) is 2.18. The second-order valence-electron chi connectivity index (χ2n) is 5.97. The summed E-state index contributed by atoms with van der Waals surface area (Å²) in [7, 11) is -1.20. The molecule has 0 radical (unpaired) electrons. The van der Waals surface area contributed by atoms with Crippen molar-refractivity contribution >= 4 is 22.6 Å². The third-order valence-electron chi connectivity index (χ3n) is 4.21. The minimum atomic E-state index is -1.20. The van der Waals surface area contributed by atoms with Gasteiger partial charge in [0.25, 0.3) is 0 Å². The zero-order valence-corrected chi connectivity index (χ0v) is 12.9. The van der Waals surface area contributed by atoms with Gasteiger partial charge in [-0.1, -0.05) is 30.3 Å². The Morgan fingerprint density at radius 1 is 1.38 bits per heavy atom. The van der Waals surface area contributed by atoms with Crippen LogP contribution in [0.1, 0.15) is 25.8 Å². The number of carbonyl (C=O) groups is 2. The van der Waals surface area contributed by atoms with Gasteiger partial charge in [0.05, 0.1) is 22.0 Å². The Morgan fingerprint density at radius 2 is 2.05 bits per heavy atom. The third-order valence-corrected chi connectivity index (χ3v) is 6.36. The maximum Gasteiger partial charge on any atom is 0.244 e.